The van der Waals surface area contributed by atoms with E-state index in [1.807, 2.05) is 18.2 Å². The van der Waals surface area contributed by atoms with Gasteiger partial charge in [-0.25, -0.2) is 4.79 Å². The zero-order valence-corrected chi connectivity index (χ0v) is 12.4. The van der Waals surface area contributed by atoms with Gasteiger partial charge in [0.15, 0.2) is 5.69 Å². The minimum absolute atomic E-state index is 0.245. The number of nitrogens with zero attached hydrogens (tertiary/aromatic N) is 1. The van der Waals surface area contributed by atoms with Crippen molar-refractivity contribution in [3.05, 3.63) is 30.0 Å². The molecule has 1 fully saturated rings. The maximum atomic E-state index is 12.5. The third kappa shape index (κ3) is 2.45. The van der Waals surface area contributed by atoms with Crippen molar-refractivity contribution in [3.8, 4) is 0 Å². The fourth-order valence-electron chi connectivity index (χ4n) is 3.06. The molecule has 6 nitrogen and oxygen atoms in total. The van der Waals surface area contributed by atoms with Gasteiger partial charge in [-0.05, 0) is 37.7 Å². The summed E-state index contributed by atoms with van der Waals surface area (Å²) in [5, 5.41) is 19.8. The van der Waals surface area contributed by atoms with Crippen molar-refractivity contribution in [3.63, 3.8) is 0 Å². The van der Waals surface area contributed by atoms with Crippen molar-refractivity contribution in [2.75, 3.05) is 0 Å². The molecule has 1 aromatic carbocycles. The van der Waals surface area contributed by atoms with Crippen LogP contribution in [0.25, 0.3) is 10.9 Å². The highest BCUT2D eigenvalue weighted by molar-refractivity contribution is 6.06. The molecule has 0 atom stereocenters. The van der Waals surface area contributed by atoms with Gasteiger partial charge < -0.3 is 10.4 Å². The van der Waals surface area contributed by atoms with Crippen LogP contribution in [0.4, 0.5) is 0 Å². The number of hydrogen-bond acceptors (Lipinski definition) is 3. The van der Waals surface area contributed by atoms with E-state index in [1.54, 1.807) is 6.07 Å². The summed E-state index contributed by atoms with van der Waals surface area (Å²) in [7, 11) is 0. The Morgan fingerprint density at radius 1 is 1.32 bits per heavy atom. The summed E-state index contributed by atoms with van der Waals surface area (Å²) in [6, 6.07) is 7.30. The zero-order valence-electron chi connectivity index (χ0n) is 12.4. The number of carbonyl (C=O) groups is 2. The predicted octanol–water partition coefficient (Wildman–Crippen LogP) is 2.33. The first-order valence-electron chi connectivity index (χ1n) is 7.51. The van der Waals surface area contributed by atoms with Crippen LogP contribution in [0, 0.1) is 5.92 Å². The van der Waals surface area contributed by atoms with Gasteiger partial charge in [0.05, 0.1) is 5.52 Å². The molecular formula is C16H19N3O3. The minimum atomic E-state index is -1.18. The first kappa shape index (κ1) is 14.6. The predicted molar refractivity (Wildman–Crippen MR) is 81.6 cm³/mol. The maximum absolute atomic E-state index is 12.5. The number of H-pyrrole nitrogens is 1. The van der Waals surface area contributed by atoms with Gasteiger partial charge in [0.1, 0.15) is 5.54 Å². The van der Waals surface area contributed by atoms with Crippen molar-refractivity contribution in [1.82, 2.24) is 15.5 Å². The number of carboxylic acids is 1. The van der Waals surface area contributed by atoms with Crippen LogP contribution >= 0.6 is 0 Å². The van der Waals surface area contributed by atoms with E-state index in [0.29, 0.717) is 24.1 Å². The van der Waals surface area contributed by atoms with Crippen LogP contribution in [-0.4, -0.2) is 32.7 Å². The summed E-state index contributed by atoms with van der Waals surface area (Å²) in [4.78, 5) is 24.2. The number of aliphatic carboxylic acids is 1. The lowest BCUT2D eigenvalue weighted by Gasteiger charge is -2.36. The summed E-state index contributed by atoms with van der Waals surface area (Å²) in [5.41, 5.74) is -0.173. The van der Waals surface area contributed by atoms with E-state index in [0.717, 1.165) is 18.4 Å². The molecule has 0 bridgehead atoms. The lowest BCUT2D eigenvalue weighted by atomic mass is 9.77. The number of hydrogen-bond donors (Lipinski definition) is 3. The summed E-state index contributed by atoms with van der Waals surface area (Å²) < 4.78 is 0. The third-order valence-corrected chi connectivity index (χ3v) is 4.58. The SMILES string of the molecule is CC1CCC(NC(=O)c2n[nH]c3ccccc23)(C(=O)O)CC1. The van der Waals surface area contributed by atoms with Crippen molar-refractivity contribution >= 4 is 22.8 Å². The topological polar surface area (TPSA) is 95.1 Å². The first-order valence-corrected chi connectivity index (χ1v) is 7.51. The molecule has 22 heavy (non-hydrogen) atoms. The number of para-hydroxylation sites is 1. The fourth-order valence-corrected chi connectivity index (χ4v) is 3.06. The number of aromatic nitrogens is 2. The largest absolute Gasteiger partial charge is 0.480 e. The second-order valence-electron chi connectivity index (χ2n) is 6.14. The van der Waals surface area contributed by atoms with Crippen molar-refractivity contribution in [2.24, 2.45) is 5.92 Å². The smallest absolute Gasteiger partial charge is 0.329 e. The van der Waals surface area contributed by atoms with Gasteiger partial charge in [-0.1, -0.05) is 25.1 Å². The molecule has 0 unspecified atom stereocenters. The number of aromatic amines is 1. The van der Waals surface area contributed by atoms with Crippen molar-refractivity contribution < 1.29 is 14.7 Å². The number of fused-ring (bicyclic) bond motifs is 1. The molecule has 1 aliphatic rings. The van der Waals surface area contributed by atoms with Gasteiger partial charge >= 0.3 is 5.97 Å². The van der Waals surface area contributed by atoms with Crippen LogP contribution in [0.5, 0.6) is 0 Å². The standard InChI is InChI=1S/C16H19N3O3/c1-10-6-8-16(9-7-10,15(21)22)17-14(20)13-11-4-2-3-5-12(11)18-19-13/h2-5,10H,6-9H2,1H3,(H,17,20)(H,18,19)(H,21,22). The Labute approximate surface area is 127 Å². The molecule has 1 aromatic heterocycles. The number of amides is 1. The summed E-state index contributed by atoms with van der Waals surface area (Å²) in [5.74, 6) is -0.905. The van der Waals surface area contributed by atoms with Crippen LogP contribution in [0.2, 0.25) is 0 Å². The number of benzene rings is 1. The average molecular weight is 301 g/mol. The van der Waals surface area contributed by atoms with E-state index in [-0.39, 0.29) is 5.69 Å². The van der Waals surface area contributed by atoms with Gasteiger partial charge in [-0.3, -0.25) is 9.89 Å². The Morgan fingerprint density at radius 2 is 2.00 bits per heavy atom. The summed E-state index contributed by atoms with van der Waals surface area (Å²) in [6.45, 7) is 2.11. The molecule has 1 heterocycles. The number of rotatable bonds is 3. The van der Waals surface area contributed by atoms with Gasteiger partial charge in [0.25, 0.3) is 5.91 Å². The highest BCUT2D eigenvalue weighted by Gasteiger charge is 2.43. The Kier molecular flexibility index (Phi) is 3.60. The maximum Gasteiger partial charge on any atom is 0.329 e. The number of nitrogens with one attached hydrogen (secondary N) is 2. The average Bonchev–Trinajstić information content (AvgIpc) is 2.93. The molecule has 3 N–H and O–H groups in total. The first-order chi connectivity index (χ1) is 10.5. The Bertz CT molecular complexity index is 714. The van der Waals surface area contributed by atoms with Crippen LogP contribution in [0.15, 0.2) is 24.3 Å². The molecule has 1 amide bonds. The molecule has 0 radical (unpaired) electrons. The molecule has 1 saturated carbocycles. The molecule has 2 aromatic rings. The highest BCUT2D eigenvalue weighted by Crippen LogP contribution is 2.32. The zero-order chi connectivity index (χ0) is 15.7. The number of carbonyl (C=O) groups excluding carboxylic acids is 1. The van der Waals surface area contributed by atoms with Gasteiger partial charge in [-0.15, -0.1) is 0 Å². The molecule has 116 valence electrons. The second-order valence-corrected chi connectivity index (χ2v) is 6.14. The van der Waals surface area contributed by atoms with Crippen LogP contribution in [0.3, 0.4) is 0 Å². The summed E-state index contributed by atoms with van der Waals surface area (Å²) >= 11 is 0. The third-order valence-electron chi connectivity index (χ3n) is 4.58. The highest BCUT2D eigenvalue weighted by atomic mass is 16.4. The van der Waals surface area contributed by atoms with E-state index < -0.39 is 17.4 Å². The van der Waals surface area contributed by atoms with Gasteiger partial charge in [0.2, 0.25) is 0 Å². The van der Waals surface area contributed by atoms with E-state index >= 15 is 0 Å². The van der Waals surface area contributed by atoms with E-state index in [4.69, 9.17) is 0 Å². The molecule has 6 heteroatoms. The lowest BCUT2D eigenvalue weighted by molar-refractivity contribution is -0.146. The normalized spacial score (nSPS) is 25.0. The molecule has 1 aliphatic carbocycles. The molecule has 0 spiro atoms. The monoisotopic (exact) mass is 301 g/mol. The van der Waals surface area contributed by atoms with Crippen LogP contribution in [-0.2, 0) is 4.79 Å². The van der Waals surface area contributed by atoms with E-state index in [2.05, 4.69) is 22.4 Å². The Balaban J connectivity index is 1.87. The molecule has 0 saturated heterocycles. The lowest BCUT2D eigenvalue weighted by Crippen LogP contribution is -2.56. The fraction of sp³-hybridized carbons (Fsp3) is 0.438. The van der Waals surface area contributed by atoms with Crippen LogP contribution < -0.4 is 5.32 Å². The van der Waals surface area contributed by atoms with Gasteiger partial charge in [-0.2, -0.15) is 5.10 Å². The Hall–Kier alpha value is -2.37. The minimum Gasteiger partial charge on any atom is -0.480 e. The van der Waals surface area contributed by atoms with Crippen molar-refractivity contribution in [2.45, 2.75) is 38.1 Å². The quantitative estimate of drug-likeness (QED) is 0.810. The van der Waals surface area contributed by atoms with E-state index in [9.17, 15) is 14.7 Å². The van der Waals surface area contributed by atoms with Crippen LogP contribution in [0.1, 0.15) is 43.1 Å². The second kappa shape index (κ2) is 5.44. The van der Waals surface area contributed by atoms with Gasteiger partial charge in [0, 0.05) is 5.39 Å². The number of carboxylic acid groups (broad SMARTS) is 1. The molecular weight excluding hydrogens is 282 g/mol. The molecule has 3 rings (SSSR count). The summed E-state index contributed by atoms with van der Waals surface area (Å²) in [6.07, 6.45) is 2.51. The van der Waals surface area contributed by atoms with Crippen molar-refractivity contribution in [1.29, 1.82) is 0 Å². The molecule has 0 aliphatic heterocycles. The van der Waals surface area contributed by atoms with E-state index in [1.165, 1.54) is 0 Å². The Morgan fingerprint density at radius 3 is 2.68 bits per heavy atom.